The molecule has 0 aliphatic rings. The maximum Gasteiger partial charge on any atom is 0.433 e. The number of hydrogen-bond acceptors (Lipinski definition) is 6. The average molecular weight is 382 g/mol. The van der Waals surface area contributed by atoms with Gasteiger partial charge in [-0.3, -0.25) is 14.9 Å². The molecule has 9 heteroatoms. The van der Waals surface area contributed by atoms with E-state index in [4.69, 9.17) is 9.15 Å². The van der Waals surface area contributed by atoms with Crippen molar-refractivity contribution in [3.63, 3.8) is 0 Å². The summed E-state index contributed by atoms with van der Waals surface area (Å²) in [6, 6.07) is 7.99. The Morgan fingerprint density at radius 1 is 1.48 bits per heavy atom. The number of hydrazone groups is 1. The van der Waals surface area contributed by atoms with Crippen LogP contribution in [0.3, 0.4) is 0 Å². The Bertz CT molecular complexity index is 757. The van der Waals surface area contributed by atoms with Gasteiger partial charge in [0.25, 0.3) is 5.91 Å². The van der Waals surface area contributed by atoms with Crippen LogP contribution in [-0.2, 0) is 4.79 Å². The minimum atomic E-state index is -0.662. The van der Waals surface area contributed by atoms with E-state index in [0.717, 1.165) is 16.3 Å². The lowest BCUT2D eigenvalue weighted by molar-refractivity contribution is -0.402. The summed E-state index contributed by atoms with van der Waals surface area (Å²) in [5.41, 5.74) is 3.12. The molecule has 1 heterocycles. The average Bonchev–Trinajstić information content (AvgIpc) is 2.95. The Hall–Kier alpha value is -2.68. The predicted octanol–water partition coefficient (Wildman–Crippen LogP) is 2.79. The Morgan fingerprint density at radius 2 is 2.26 bits per heavy atom. The number of nitro groups is 1. The van der Waals surface area contributed by atoms with Crippen LogP contribution in [0.25, 0.3) is 0 Å². The van der Waals surface area contributed by atoms with E-state index in [1.54, 1.807) is 6.07 Å². The lowest BCUT2D eigenvalue weighted by atomic mass is 10.2. The minimum Gasteiger partial charge on any atom is -0.483 e. The molecule has 1 aromatic heterocycles. The van der Waals surface area contributed by atoms with Gasteiger partial charge < -0.3 is 9.15 Å². The van der Waals surface area contributed by atoms with Crippen molar-refractivity contribution >= 4 is 33.9 Å². The number of hydrogen-bond donors (Lipinski definition) is 1. The molecule has 0 radical (unpaired) electrons. The quantitative estimate of drug-likeness (QED) is 0.470. The molecule has 1 aromatic carbocycles. The van der Waals surface area contributed by atoms with E-state index in [-0.39, 0.29) is 12.4 Å². The Balaban J connectivity index is 1.82. The SMILES string of the molecule is Cc1cc(Br)ccc1OCC(=O)NN=Cc1ccc([N+](=O)[O-])o1. The van der Waals surface area contributed by atoms with Crippen LogP contribution < -0.4 is 10.2 Å². The fraction of sp³-hybridized carbons (Fsp3) is 0.143. The van der Waals surface area contributed by atoms with E-state index in [1.165, 1.54) is 12.1 Å². The number of rotatable bonds is 6. The van der Waals surface area contributed by atoms with E-state index in [0.29, 0.717) is 5.75 Å². The number of carbonyl (C=O) groups excluding carboxylic acids is 1. The highest BCUT2D eigenvalue weighted by molar-refractivity contribution is 9.10. The van der Waals surface area contributed by atoms with E-state index in [9.17, 15) is 14.9 Å². The first-order chi connectivity index (χ1) is 11.0. The maximum absolute atomic E-state index is 11.6. The summed E-state index contributed by atoms with van der Waals surface area (Å²) >= 11 is 3.34. The van der Waals surface area contributed by atoms with Gasteiger partial charge in [0.1, 0.15) is 10.7 Å². The molecular weight excluding hydrogens is 370 g/mol. The minimum absolute atomic E-state index is 0.154. The molecule has 0 saturated carbocycles. The van der Waals surface area contributed by atoms with E-state index >= 15 is 0 Å². The van der Waals surface area contributed by atoms with E-state index < -0.39 is 16.7 Å². The summed E-state index contributed by atoms with van der Waals surface area (Å²) in [5, 5.41) is 14.1. The molecule has 2 rings (SSSR count). The van der Waals surface area contributed by atoms with Gasteiger partial charge in [0.05, 0.1) is 12.3 Å². The Morgan fingerprint density at radius 3 is 2.91 bits per heavy atom. The maximum atomic E-state index is 11.6. The number of amides is 1. The van der Waals surface area contributed by atoms with Crippen LogP contribution in [0.5, 0.6) is 5.75 Å². The Labute approximate surface area is 139 Å². The lowest BCUT2D eigenvalue weighted by Crippen LogP contribution is -2.24. The molecule has 1 amide bonds. The molecule has 23 heavy (non-hydrogen) atoms. The van der Waals surface area contributed by atoms with Gasteiger partial charge >= 0.3 is 5.88 Å². The van der Waals surface area contributed by atoms with Crippen molar-refractivity contribution in [3.05, 3.63) is 56.2 Å². The number of nitrogens with one attached hydrogen (secondary N) is 1. The predicted molar refractivity (Wildman–Crippen MR) is 85.5 cm³/mol. The second-order valence-electron chi connectivity index (χ2n) is 4.42. The molecule has 0 saturated heterocycles. The molecule has 2 aromatic rings. The molecule has 0 atom stereocenters. The standard InChI is InChI=1S/C14H12BrN3O5/c1-9-6-10(15)2-4-12(9)22-8-13(19)17-16-7-11-3-5-14(23-11)18(20)21/h2-7H,8H2,1H3,(H,17,19). The fourth-order valence-corrected chi connectivity index (χ4v) is 2.10. The second kappa shape index (κ2) is 7.54. The number of aryl methyl sites for hydroxylation is 1. The highest BCUT2D eigenvalue weighted by Gasteiger charge is 2.10. The molecule has 1 N–H and O–H groups in total. The summed E-state index contributed by atoms with van der Waals surface area (Å²) in [7, 11) is 0. The molecule has 8 nitrogen and oxygen atoms in total. The third-order valence-electron chi connectivity index (χ3n) is 2.67. The first kappa shape index (κ1) is 16.7. The molecule has 120 valence electrons. The lowest BCUT2D eigenvalue weighted by Gasteiger charge is -2.08. The van der Waals surface area contributed by atoms with Crippen molar-refractivity contribution in [1.82, 2.24) is 5.43 Å². The summed E-state index contributed by atoms with van der Waals surface area (Å²) in [6.45, 7) is 1.65. The van der Waals surface area contributed by atoms with Crippen LogP contribution >= 0.6 is 15.9 Å². The number of ether oxygens (including phenoxy) is 1. The molecule has 0 bridgehead atoms. The van der Waals surface area contributed by atoms with Crippen molar-refractivity contribution in [1.29, 1.82) is 0 Å². The molecular formula is C14H12BrN3O5. The highest BCUT2D eigenvalue weighted by Crippen LogP contribution is 2.21. The zero-order valence-corrected chi connectivity index (χ0v) is 13.6. The van der Waals surface area contributed by atoms with Crippen LogP contribution in [-0.4, -0.2) is 23.7 Å². The summed E-state index contributed by atoms with van der Waals surface area (Å²) in [4.78, 5) is 21.4. The normalized spacial score (nSPS) is 10.7. The van der Waals surface area contributed by atoms with Crippen molar-refractivity contribution < 1.29 is 18.9 Å². The smallest absolute Gasteiger partial charge is 0.433 e. The van der Waals surface area contributed by atoms with E-state index in [2.05, 4.69) is 26.5 Å². The molecule has 0 aliphatic heterocycles. The van der Waals surface area contributed by atoms with Gasteiger partial charge in [-0.25, -0.2) is 5.43 Å². The van der Waals surface area contributed by atoms with Crippen LogP contribution in [0, 0.1) is 17.0 Å². The van der Waals surface area contributed by atoms with Gasteiger partial charge in [-0.15, -0.1) is 0 Å². The molecule has 0 spiro atoms. The molecule has 0 fully saturated rings. The summed E-state index contributed by atoms with van der Waals surface area (Å²) in [6.07, 6.45) is 1.16. The number of carbonyl (C=O) groups is 1. The summed E-state index contributed by atoms with van der Waals surface area (Å²) in [5.74, 6) is -0.118. The monoisotopic (exact) mass is 381 g/mol. The number of nitrogens with zero attached hydrogens (tertiary/aromatic N) is 2. The van der Waals surface area contributed by atoms with Crippen molar-refractivity contribution in [3.8, 4) is 5.75 Å². The Kier molecular flexibility index (Phi) is 5.47. The van der Waals surface area contributed by atoms with Crippen LogP contribution in [0.1, 0.15) is 11.3 Å². The van der Waals surface area contributed by atoms with Gasteiger partial charge in [0, 0.05) is 4.47 Å². The van der Waals surface area contributed by atoms with Gasteiger partial charge in [-0.2, -0.15) is 5.10 Å². The molecule has 0 aliphatic carbocycles. The fourth-order valence-electron chi connectivity index (χ4n) is 1.63. The largest absolute Gasteiger partial charge is 0.483 e. The third-order valence-corrected chi connectivity index (χ3v) is 3.16. The van der Waals surface area contributed by atoms with Gasteiger partial charge in [-0.05, 0) is 36.8 Å². The highest BCUT2D eigenvalue weighted by atomic mass is 79.9. The zero-order valence-electron chi connectivity index (χ0n) is 12.0. The summed E-state index contributed by atoms with van der Waals surface area (Å²) < 4.78 is 11.1. The van der Waals surface area contributed by atoms with Crippen molar-refractivity contribution in [2.24, 2.45) is 5.10 Å². The van der Waals surface area contributed by atoms with Crippen LogP contribution in [0.2, 0.25) is 0 Å². The third kappa shape index (κ3) is 4.92. The number of halogens is 1. The van der Waals surface area contributed by atoms with Gasteiger partial charge in [-0.1, -0.05) is 15.9 Å². The first-order valence-corrected chi connectivity index (χ1v) is 7.20. The van der Waals surface area contributed by atoms with Crippen molar-refractivity contribution in [2.45, 2.75) is 6.92 Å². The van der Waals surface area contributed by atoms with Crippen molar-refractivity contribution in [2.75, 3.05) is 6.61 Å². The van der Waals surface area contributed by atoms with Crippen LogP contribution in [0.4, 0.5) is 5.88 Å². The number of benzene rings is 1. The van der Waals surface area contributed by atoms with Gasteiger partial charge in [0.2, 0.25) is 0 Å². The second-order valence-corrected chi connectivity index (χ2v) is 5.34. The number of furan rings is 1. The van der Waals surface area contributed by atoms with E-state index in [1.807, 2.05) is 19.1 Å². The zero-order chi connectivity index (χ0) is 16.8. The molecule has 0 unspecified atom stereocenters. The first-order valence-electron chi connectivity index (χ1n) is 6.41. The van der Waals surface area contributed by atoms with Crippen LogP contribution in [0.15, 0.2) is 44.3 Å². The topological polar surface area (TPSA) is 107 Å². The van der Waals surface area contributed by atoms with Gasteiger partial charge in [0.15, 0.2) is 12.4 Å².